The minimum atomic E-state index is -0.125. The van der Waals surface area contributed by atoms with Crippen LogP contribution in [0.3, 0.4) is 0 Å². The number of likely N-dealkylation sites (N-methyl/N-ethyl adjacent to an activating group) is 1. The van der Waals surface area contributed by atoms with Crippen LogP contribution in [0.4, 0.5) is 0 Å². The Kier molecular flexibility index (Phi) is 9.64. The molecule has 0 radical (unpaired) electrons. The predicted molar refractivity (Wildman–Crippen MR) is 114 cm³/mol. The maximum absolute atomic E-state index is 9.72. The highest BCUT2D eigenvalue weighted by atomic mass is 16.3. The standard InChI is InChI=1S/C22H38N4O/c1-4-23-22(25-19-12-14-21(27)15-13-19)24-17-20(26(5-2)6-3)16-18-10-8-7-9-11-18/h7-11,19-21,27H,4-6,12-17H2,1-3H3,(H2,23,24,25). The summed E-state index contributed by atoms with van der Waals surface area (Å²) in [6.45, 7) is 10.3. The average molecular weight is 375 g/mol. The van der Waals surface area contributed by atoms with Crippen molar-refractivity contribution in [1.82, 2.24) is 15.5 Å². The molecule has 1 saturated carbocycles. The second-order valence-corrected chi connectivity index (χ2v) is 7.43. The molecule has 0 amide bonds. The lowest BCUT2D eigenvalue weighted by molar-refractivity contribution is 0.120. The van der Waals surface area contributed by atoms with Crippen molar-refractivity contribution in [2.75, 3.05) is 26.2 Å². The molecule has 1 unspecified atom stereocenters. The van der Waals surface area contributed by atoms with Gasteiger partial charge in [-0.05, 0) is 57.7 Å². The number of benzene rings is 1. The zero-order valence-corrected chi connectivity index (χ0v) is 17.3. The fraction of sp³-hybridized carbons (Fsp3) is 0.682. The molecule has 1 aliphatic rings. The number of rotatable bonds is 9. The van der Waals surface area contributed by atoms with Crippen LogP contribution in [0.2, 0.25) is 0 Å². The van der Waals surface area contributed by atoms with E-state index in [1.807, 2.05) is 0 Å². The summed E-state index contributed by atoms with van der Waals surface area (Å²) in [6, 6.07) is 11.5. The fourth-order valence-electron chi connectivity index (χ4n) is 3.87. The van der Waals surface area contributed by atoms with Crippen LogP contribution < -0.4 is 10.6 Å². The predicted octanol–water partition coefficient (Wildman–Crippen LogP) is 2.80. The van der Waals surface area contributed by atoms with E-state index in [-0.39, 0.29) is 6.10 Å². The number of aliphatic imine (C=N–C) groups is 1. The van der Waals surface area contributed by atoms with E-state index in [2.05, 4.69) is 66.6 Å². The van der Waals surface area contributed by atoms with Crippen LogP contribution in [-0.2, 0) is 6.42 Å². The van der Waals surface area contributed by atoms with Gasteiger partial charge in [-0.15, -0.1) is 0 Å². The van der Waals surface area contributed by atoms with E-state index in [0.29, 0.717) is 12.1 Å². The van der Waals surface area contributed by atoms with E-state index in [0.717, 1.165) is 64.2 Å². The first-order valence-corrected chi connectivity index (χ1v) is 10.7. The lowest BCUT2D eigenvalue weighted by atomic mass is 9.93. The van der Waals surface area contributed by atoms with Gasteiger partial charge in [0.05, 0.1) is 12.6 Å². The molecule has 1 aliphatic carbocycles. The van der Waals surface area contributed by atoms with Gasteiger partial charge in [-0.2, -0.15) is 0 Å². The van der Waals surface area contributed by atoms with Crippen molar-refractivity contribution in [3.8, 4) is 0 Å². The van der Waals surface area contributed by atoms with Gasteiger partial charge in [-0.1, -0.05) is 44.2 Å². The molecular weight excluding hydrogens is 336 g/mol. The summed E-state index contributed by atoms with van der Waals surface area (Å²) >= 11 is 0. The maximum Gasteiger partial charge on any atom is 0.191 e. The second-order valence-electron chi connectivity index (χ2n) is 7.43. The molecule has 0 heterocycles. The Labute approximate surface area is 165 Å². The van der Waals surface area contributed by atoms with Crippen molar-refractivity contribution < 1.29 is 5.11 Å². The Morgan fingerprint density at radius 3 is 2.37 bits per heavy atom. The Bertz CT molecular complexity index is 537. The Morgan fingerprint density at radius 1 is 1.11 bits per heavy atom. The molecule has 2 rings (SSSR count). The van der Waals surface area contributed by atoms with E-state index in [9.17, 15) is 5.11 Å². The van der Waals surface area contributed by atoms with Crippen LogP contribution in [0.25, 0.3) is 0 Å². The minimum Gasteiger partial charge on any atom is -0.393 e. The molecule has 1 aromatic rings. The molecular formula is C22H38N4O. The molecule has 0 bridgehead atoms. The number of hydrogen-bond donors (Lipinski definition) is 3. The van der Waals surface area contributed by atoms with Crippen molar-refractivity contribution >= 4 is 5.96 Å². The van der Waals surface area contributed by atoms with Crippen molar-refractivity contribution in [3.05, 3.63) is 35.9 Å². The van der Waals surface area contributed by atoms with E-state index in [1.165, 1.54) is 5.56 Å². The lowest BCUT2D eigenvalue weighted by Gasteiger charge is -2.30. The van der Waals surface area contributed by atoms with Crippen molar-refractivity contribution in [3.63, 3.8) is 0 Å². The van der Waals surface area contributed by atoms with Gasteiger partial charge in [-0.3, -0.25) is 9.89 Å². The zero-order valence-electron chi connectivity index (χ0n) is 17.3. The Hall–Kier alpha value is -1.59. The summed E-state index contributed by atoms with van der Waals surface area (Å²) in [6.07, 6.45) is 4.67. The molecule has 1 fully saturated rings. The van der Waals surface area contributed by atoms with Crippen molar-refractivity contribution in [2.24, 2.45) is 4.99 Å². The summed E-state index contributed by atoms with van der Waals surface area (Å²) in [7, 11) is 0. The number of nitrogens with one attached hydrogen (secondary N) is 2. The van der Waals surface area contributed by atoms with Gasteiger partial charge < -0.3 is 15.7 Å². The summed E-state index contributed by atoms with van der Waals surface area (Å²) < 4.78 is 0. The SMILES string of the molecule is CCNC(=NCC(Cc1ccccc1)N(CC)CC)NC1CCC(O)CC1. The van der Waals surface area contributed by atoms with Crippen molar-refractivity contribution in [1.29, 1.82) is 0 Å². The fourth-order valence-corrected chi connectivity index (χ4v) is 3.87. The van der Waals surface area contributed by atoms with E-state index in [1.54, 1.807) is 0 Å². The summed E-state index contributed by atoms with van der Waals surface area (Å²) in [5.74, 6) is 0.907. The van der Waals surface area contributed by atoms with Gasteiger partial charge in [0.25, 0.3) is 0 Å². The van der Waals surface area contributed by atoms with E-state index < -0.39 is 0 Å². The highest BCUT2D eigenvalue weighted by molar-refractivity contribution is 5.80. The Morgan fingerprint density at radius 2 is 1.78 bits per heavy atom. The first-order chi connectivity index (χ1) is 13.2. The molecule has 1 atom stereocenters. The van der Waals surface area contributed by atoms with E-state index in [4.69, 9.17) is 4.99 Å². The third-order valence-electron chi connectivity index (χ3n) is 5.48. The van der Waals surface area contributed by atoms with Crippen LogP contribution in [0.5, 0.6) is 0 Å². The highest BCUT2D eigenvalue weighted by Crippen LogP contribution is 2.18. The molecule has 0 aliphatic heterocycles. The van der Waals surface area contributed by atoms with Gasteiger partial charge >= 0.3 is 0 Å². The quantitative estimate of drug-likeness (QED) is 0.459. The van der Waals surface area contributed by atoms with Gasteiger partial charge in [0.15, 0.2) is 5.96 Å². The smallest absolute Gasteiger partial charge is 0.191 e. The number of hydrogen-bond acceptors (Lipinski definition) is 3. The van der Waals surface area contributed by atoms with Crippen LogP contribution in [0, 0.1) is 0 Å². The van der Waals surface area contributed by atoms with Gasteiger partial charge in [0.2, 0.25) is 0 Å². The van der Waals surface area contributed by atoms with Crippen molar-refractivity contribution in [2.45, 2.75) is 71.1 Å². The molecule has 27 heavy (non-hydrogen) atoms. The molecule has 3 N–H and O–H groups in total. The summed E-state index contributed by atoms with van der Waals surface area (Å²) in [4.78, 5) is 7.43. The zero-order chi connectivity index (χ0) is 19.5. The average Bonchev–Trinajstić information content (AvgIpc) is 2.69. The molecule has 5 heteroatoms. The van der Waals surface area contributed by atoms with E-state index >= 15 is 0 Å². The lowest BCUT2D eigenvalue weighted by Crippen LogP contribution is -2.46. The third-order valence-corrected chi connectivity index (χ3v) is 5.48. The molecule has 0 saturated heterocycles. The number of guanidine groups is 1. The molecule has 0 spiro atoms. The van der Waals surface area contributed by atoms with Gasteiger partial charge in [0, 0.05) is 18.6 Å². The molecule has 0 aromatic heterocycles. The summed E-state index contributed by atoms with van der Waals surface area (Å²) in [5, 5.41) is 16.7. The largest absolute Gasteiger partial charge is 0.393 e. The normalized spacial score (nSPS) is 21.9. The second kappa shape index (κ2) is 12.0. The van der Waals surface area contributed by atoms with Crippen LogP contribution >= 0.6 is 0 Å². The highest BCUT2D eigenvalue weighted by Gasteiger charge is 2.21. The van der Waals surface area contributed by atoms with Gasteiger partial charge in [-0.25, -0.2) is 0 Å². The van der Waals surface area contributed by atoms with Crippen LogP contribution in [-0.4, -0.2) is 60.3 Å². The topological polar surface area (TPSA) is 59.9 Å². The monoisotopic (exact) mass is 374 g/mol. The van der Waals surface area contributed by atoms with Gasteiger partial charge in [0.1, 0.15) is 0 Å². The minimum absolute atomic E-state index is 0.125. The number of aliphatic hydroxyl groups excluding tert-OH is 1. The molecule has 1 aromatic carbocycles. The molecule has 152 valence electrons. The maximum atomic E-state index is 9.72. The first-order valence-electron chi connectivity index (χ1n) is 10.7. The first kappa shape index (κ1) is 21.7. The number of aliphatic hydroxyl groups is 1. The summed E-state index contributed by atoms with van der Waals surface area (Å²) in [5.41, 5.74) is 1.36. The van der Waals surface area contributed by atoms with Crippen LogP contribution in [0.15, 0.2) is 35.3 Å². The van der Waals surface area contributed by atoms with Crippen LogP contribution in [0.1, 0.15) is 52.0 Å². The third kappa shape index (κ3) is 7.51. The Balaban J connectivity index is 2.02. The number of nitrogens with zero attached hydrogens (tertiary/aromatic N) is 2. The molecule has 5 nitrogen and oxygen atoms in total.